The topological polar surface area (TPSA) is 85.4 Å². The minimum absolute atomic E-state index is 0.215. The van der Waals surface area contributed by atoms with E-state index in [-0.39, 0.29) is 18.1 Å². The van der Waals surface area contributed by atoms with Crippen LogP contribution in [0.1, 0.15) is 13.3 Å². The van der Waals surface area contributed by atoms with Gasteiger partial charge in [0.25, 0.3) is 11.2 Å². The Morgan fingerprint density at radius 2 is 2.08 bits per heavy atom. The molecule has 1 aliphatic rings. The van der Waals surface area contributed by atoms with Gasteiger partial charge in [-0.1, -0.05) is 19.1 Å². The molecule has 0 N–H and O–H groups in total. The molecule has 1 atom stereocenters. The normalized spacial score (nSPS) is 16.8. The number of fused-ring (bicyclic) bond motifs is 1. The van der Waals surface area contributed by atoms with E-state index in [0.29, 0.717) is 11.8 Å². The molecular weight excluding hydrogens is 342 g/mol. The lowest BCUT2D eigenvalue weighted by Gasteiger charge is -2.22. The molecule has 0 fully saturated rings. The zero-order chi connectivity index (χ0) is 18.0. The van der Waals surface area contributed by atoms with E-state index in [9.17, 15) is 19.7 Å². The van der Waals surface area contributed by atoms with Crippen molar-refractivity contribution in [3.05, 3.63) is 63.1 Å². The van der Waals surface area contributed by atoms with Crippen molar-refractivity contribution in [2.45, 2.75) is 30.0 Å². The Balaban J connectivity index is 1.90. The Kier molecular flexibility index (Phi) is 4.89. The maximum absolute atomic E-state index is 12.8. The first kappa shape index (κ1) is 17.2. The summed E-state index contributed by atoms with van der Waals surface area (Å²) in [6.45, 7) is 2.43. The van der Waals surface area contributed by atoms with E-state index >= 15 is 0 Å². The van der Waals surface area contributed by atoms with E-state index < -0.39 is 10.5 Å². The van der Waals surface area contributed by atoms with Gasteiger partial charge in [0.1, 0.15) is 6.54 Å². The largest absolute Gasteiger partial charge is 0.310 e. The third kappa shape index (κ3) is 3.74. The number of anilines is 1. The van der Waals surface area contributed by atoms with E-state index in [1.807, 2.05) is 24.3 Å². The number of rotatable bonds is 3. The van der Waals surface area contributed by atoms with Gasteiger partial charge in [0.15, 0.2) is 0 Å². The van der Waals surface area contributed by atoms with Gasteiger partial charge in [-0.05, 0) is 18.6 Å². The quantitative estimate of drug-likeness (QED) is 0.621. The highest BCUT2D eigenvalue weighted by molar-refractivity contribution is 8.00. The molecule has 1 amide bonds. The molecule has 0 spiro atoms. The highest BCUT2D eigenvalue weighted by Gasteiger charge is 2.24. The molecule has 25 heavy (non-hydrogen) atoms. The van der Waals surface area contributed by atoms with E-state index in [1.165, 1.54) is 0 Å². The average Bonchev–Trinajstić information content (AvgIpc) is 2.74. The standard InChI is InChI=1S/C17H17N3O4S/c1-12-8-9-19(14-4-2-3-5-15(14)25-12)17(22)11-18-10-13(20(23)24)6-7-16(18)21/h2-7,10,12H,8-9,11H2,1H3/t12-/m1/s1. The van der Waals surface area contributed by atoms with Crippen LogP contribution in [0.25, 0.3) is 0 Å². The Morgan fingerprint density at radius 1 is 1.32 bits per heavy atom. The Labute approximate surface area is 148 Å². The number of amides is 1. The Morgan fingerprint density at radius 3 is 2.84 bits per heavy atom. The van der Waals surface area contributed by atoms with Crippen molar-refractivity contribution in [3.63, 3.8) is 0 Å². The summed E-state index contributed by atoms with van der Waals surface area (Å²) in [6, 6.07) is 9.91. The summed E-state index contributed by atoms with van der Waals surface area (Å²) in [7, 11) is 0. The van der Waals surface area contributed by atoms with Crippen LogP contribution >= 0.6 is 11.8 Å². The lowest BCUT2D eigenvalue weighted by Crippen LogP contribution is -2.37. The van der Waals surface area contributed by atoms with Crippen molar-refractivity contribution in [1.29, 1.82) is 0 Å². The van der Waals surface area contributed by atoms with Crippen LogP contribution in [0.3, 0.4) is 0 Å². The second-order valence-corrected chi connectivity index (χ2v) is 7.32. The first-order valence-corrected chi connectivity index (χ1v) is 8.74. The van der Waals surface area contributed by atoms with Gasteiger partial charge in [-0.2, -0.15) is 0 Å². The first-order chi connectivity index (χ1) is 12.0. The zero-order valence-electron chi connectivity index (χ0n) is 13.6. The molecule has 1 aromatic heterocycles. The highest BCUT2D eigenvalue weighted by atomic mass is 32.2. The summed E-state index contributed by atoms with van der Waals surface area (Å²) < 4.78 is 1.09. The van der Waals surface area contributed by atoms with Gasteiger partial charge in [0.05, 0.1) is 16.8 Å². The van der Waals surface area contributed by atoms with Gasteiger partial charge < -0.3 is 4.90 Å². The van der Waals surface area contributed by atoms with Crippen LogP contribution in [0.4, 0.5) is 11.4 Å². The van der Waals surface area contributed by atoms with Gasteiger partial charge in [0.2, 0.25) is 5.91 Å². The number of carbonyl (C=O) groups excluding carboxylic acids is 1. The van der Waals surface area contributed by atoms with Crippen molar-refractivity contribution >= 4 is 29.0 Å². The summed E-state index contributed by atoms with van der Waals surface area (Å²) in [5.41, 5.74) is 0.165. The maximum Gasteiger partial charge on any atom is 0.285 e. The number of nitrogens with zero attached hydrogens (tertiary/aromatic N) is 3. The Bertz CT molecular complexity index is 880. The molecule has 0 aliphatic carbocycles. The van der Waals surface area contributed by atoms with Crippen LogP contribution in [0, 0.1) is 10.1 Å². The van der Waals surface area contributed by atoms with Crippen molar-refractivity contribution in [1.82, 2.24) is 4.57 Å². The fourth-order valence-corrected chi connectivity index (χ4v) is 3.84. The number of pyridine rings is 1. The second-order valence-electron chi connectivity index (χ2n) is 5.84. The minimum atomic E-state index is -0.583. The van der Waals surface area contributed by atoms with Crippen molar-refractivity contribution in [3.8, 4) is 0 Å². The third-order valence-corrected chi connectivity index (χ3v) is 5.27. The smallest absolute Gasteiger partial charge is 0.285 e. The van der Waals surface area contributed by atoms with Crippen molar-refractivity contribution < 1.29 is 9.72 Å². The molecule has 1 aromatic carbocycles. The molecule has 0 unspecified atom stereocenters. The molecule has 0 radical (unpaired) electrons. The lowest BCUT2D eigenvalue weighted by atomic mass is 10.2. The fourth-order valence-electron chi connectivity index (χ4n) is 2.73. The maximum atomic E-state index is 12.8. The Hall–Kier alpha value is -2.61. The van der Waals surface area contributed by atoms with E-state index in [2.05, 4.69) is 6.92 Å². The number of nitro groups is 1. The SMILES string of the molecule is C[C@@H]1CCN(C(=O)Cn2cc([N+](=O)[O-])ccc2=O)c2ccccc2S1. The number of carbonyl (C=O) groups is 1. The summed E-state index contributed by atoms with van der Waals surface area (Å²) in [6.07, 6.45) is 1.94. The lowest BCUT2D eigenvalue weighted by molar-refractivity contribution is -0.385. The molecule has 3 rings (SSSR count). The van der Waals surface area contributed by atoms with E-state index in [4.69, 9.17) is 0 Å². The molecule has 0 bridgehead atoms. The van der Waals surface area contributed by atoms with Crippen molar-refractivity contribution in [2.75, 3.05) is 11.4 Å². The molecule has 7 nitrogen and oxygen atoms in total. The number of thioether (sulfide) groups is 1. The monoisotopic (exact) mass is 359 g/mol. The molecule has 0 saturated carbocycles. The number of hydrogen-bond donors (Lipinski definition) is 0. The van der Waals surface area contributed by atoms with Gasteiger partial charge >= 0.3 is 0 Å². The number of hydrogen-bond acceptors (Lipinski definition) is 5. The molecule has 0 saturated heterocycles. The fraction of sp³-hybridized carbons (Fsp3) is 0.294. The number of benzene rings is 1. The predicted molar refractivity (Wildman–Crippen MR) is 96.1 cm³/mol. The third-order valence-electron chi connectivity index (χ3n) is 4.03. The van der Waals surface area contributed by atoms with Gasteiger partial charge in [-0.3, -0.25) is 24.3 Å². The summed E-state index contributed by atoms with van der Waals surface area (Å²) >= 11 is 1.72. The molecule has 130 valence electrons. The number of para-hydroxylation sites is 1. The van der Waals surface area contributed by atoms with Gasteiger partial charge in [0, 0.05) is 28.8 Å². The minimum Gasteiger partial charge on any atom is -0.310 e. The molecule has 2 heterocycles. The summed E-state index contributed by atoms with van der Waals surface area (Å²) in [5.74, 6) is -0.259. The van der Waals surface area contributed by atoms with Crippen LogP contribution in [-0.2, 0) is 11.3 Å². The van der Waals surface area contributed by atoms with Crippen LogP contribution in [0.15, 0.2) is 52.3 Å². The van der Waals surface area contributed by atoms with Crippen LogP contribution in [-0.4, -0.2) is 27.2 Å². The molecule has 1 aliphatic heterocycles. The highest BCUT2D eigenvalue weighted by Crippen LogP contribution is 2.37. The van der Waals surface area contributed by atoms with E-state index in [0.717, 1.165) is 39.9 Å². The number of aromatic nitrogens is 1. The molecular formula is C17H17N3O4S. The predicted octanol–water partition coefficient (Wildman–Crippen LogP) is 2.67. The van der Waals surface area contributed by atoms with Crippen molar-refractivity contribution in [2.24, 2.45) is 0 Å². The first-order valence-electron chi connectivity index (χ1n) is 7.86. The molecule has 2 aromatic rings. The van der Waals surface area contributed by atoms with Crippen LogP contribution in [0.2, 0.25) is 0 Å². The second kappa shape index (κ2) is 7.10. The molecule has 8 heteroatoms. The summed E-state index contributed by atoms with van der Waals surface area (Å²) in [4.78, 5) is 37.7. The van der Waals surface area contributed by atoms with Gasteiger partial charge in [-0.25, -0.2) is 0 Å². The summed E-state index contributed by atoms with van der Waals surface area (Å²) in [5, 5.41) is 11.3. The van der Waals surface area contributed by atoms with Crippen LogP contribution < -0.4 is 10.5 Å². The van der Waals surface area contributed by atoms with E-state index in [1.54, 1.807) is 16.7 Å². The van der Waals surface area contributed by atoms with Crippen LogP contribution in [0.5, 0.6) is 0 Å². The average molecular weight is 359 g/mol. The van der Waals surface area contributed by atoms with Gasteiger partial charge in [-0.15, -0.1) is 11.8 Å². The zero-order valence-corrected chi connectivity index (χ0v) is 14.4.